The maximum atomic E-state index is 12.2. The van der Waals surface area contributed by atoms with E-state index in [1.54, 1.807) is 18.3 Å². The molecule has 1 N–H and O–H groups in total. The molecule has 2 rings (SSSR count). The van der Waals surface area contributed by atoms with Gasteiger partial charge in [0.25, 0.3) is 0 Å². The molecular weight excluding hydrogens is 280 g/mol. The van der Waals surface area contributed by atoms with Gasteiger partial charge in [0.1, 0.15) is 0 Å². The number of carboxylic acids is 1. The zero-order chi connectivity index (χ0) is 14.6. The van der Waals surface area contributed by atoms with Crippen LogP contribution in [0.4, 0.5) is 0 Å². The molecule has 0 spiro atoms. The normalized spacial score (nSPS) is 20.7. The van der Waals surface area contributed by atoms with E-state index < -0.39 is 21.9 Å². The Morgan fingerprint density at radius 2 is 2.25 bits per heavy atom. The summed E-state index contributed by atoms with van der Waals surface area (Å²) < 4.78 is 25.8. The first kappa shape index (κ1) is 14.9. The van der Waals surface area contributed by atoms with Gasteiger partial charge >= 0.3 is 5.97 Å². The van der Waals surface area contributed by atoms with E-state index in [0.29, 0.717) is 25.8 Å². The highest BCUT2D eigenvalue weighted by molar-refractivity contribution is 7.89. The first-order chi connectivity index (χ1) is 9.49. The fourth-order valence-electron chi connectivity index (χ4n) is 2.31. The molecule has 1 aliphatic rings. The van der Waals surface area contributed by atoms with Crippen molar-refractivity contribution < 1.29 is 18.3 Å². The second-order valence-electron chi connectivity index (χ2n) is 4.92. The summed E-state index contributed by atoms with van der Waals surface area (Å²) in [7, 11) is -3.42. The largest absolute Gasteiger partial charge is 0.481 e. The Labute approximate surface area is 118 Å². The third-order valence-corrected chi connectivity index (χ3v) is 5.31. The van der Waals surface area contributed by atoms with Crippen LogP contribution < -0.4 is 0 Å². The van der Waals surface area contributed by atoms with Crippen molar-refractivity contribution in [3.63, 3.8) is 0 Å². The Hall–Kier alpha value is -1.47. The van der Waals surface area contributed by atoms with Gasteiger partial charge in [0.05, 0.1) is 11.7 Å². The summed E-state index contributed by atoms with van der Waals surface area (Å²) in [6, 6.07) is 5.38. The van der Waals surface area contributed by atoms with E-state index in [1.165, 1.54) is 4.31 Å². The average molecular weight is 298 g/mol. The summed E-state index contributed by atoms with van der Waals surface area (Å²) in [5.74, 6) is -1.54. The lowest BCUT2D eigenvalue weighted by Crippen LogP contribution is -2.43. The Bertz CT molecular complexity index is 559. The molecule has 1 saturated heterocycles. The third kappa shape index (κ3) is 3.77. The molecule has 20 heavy (non-hydrogen) atoms. The topological polar surface area (TPSA) is 87.6 Å². The van der Waals surface area contributed by atoms with Crippen molar-refractivity contribution in [2.24, 2.45) is 5.92 Å². The second-order valence-corrected chi connectivity index (χ2v) is 7.01. The summed E-state index contributed by atoms with van der Waals surface area (Å²) in [6.07, 6.45) is 3.11. The van der Waals surface area contributed by atoms with Gasteiger partial charge in [-0.15, -0.1) is 0 Å². The van der Waals surface area contributed by atoms with Crippen molar-refractivity contribution in [1.29, 1.82) is 0 Å². The van der Waals surface area contributed by atoms with Crippen LogP contribution in [0.3, 0.4) is 0 Å². The van der Waals surface area contributed by atoms with E-state index in [1.807, 2.05) is 6.07 Å². The molecule has 0 bridgehead atoms. The lowest BCUT2D eigenvalue weighted by molar-refractivity contribution is -0.142. The van der Waals surface area contributed by atoms with Crippen LogP contribution in [0, 0.1) is 5.92 Å². The highest BCUT2D eigenvalue weighted by Gasteiger charge is 2.31. The van der Waals surface area contributed by atoms with Crippen LogP contribution in [0.15, 0.2) is 24.4 Å². The molecule has 0 aromatic carbocycles. The number of hydrogen-bond acceptors (Lipinski definition) is 4. The smallest absolute Gasteiger partial charge is 0.307 e. The minimum atomic E-state index is -3.42. The Morgan fingerprint density at radius 1 is 1.45 bits per heavy atom. The molecule has 1 aliphatic heterocycles. The van der Waals surface area contributed by atoms with Gasteiger partial charge in [-0.25, -0.2) is 12.7 Å². The number of aromatic nitrogens is 1. The predicted octanol–water partition coefficient (Wildman–Crippen LogP) is 0.750. The second kappa shape index (κ2) is 6.32. The summed E-state index contributed by atoms with van der Waals surface area (Å²) in [4.78, 5) is 15.1. The van der Waals surface area contributed by atoms with Crippen molar-refractivity contribution >= 4 is 16.0 Å². The molecule has 7 heteroatoms. The molecule has 0 radical (unpaired) electrons. The van der Waals surface area contributed by atoms with Gasteiger partial charge in [0, 0.05) is 31.4 Å². The first-order valence-electron chi connectivity index (χ1n) is 6.59. The maximum Gasteiger partial charge on any atom is 0.307 e. The lowest BCUT2D eigenvalue weighted by atomic mass is 10.0. The van der Waals surface area contributed by atoms with Gasteiger partial charge in [0.15, 0.2) is 0 Å². The van der Waals surface area contributed by atoms with Crippen LogP contribution >= 0.6 is 0 Å². The first-order valence-corrected chi connectivity index (χ1v) is 8.20. The Morgan fingerprint density at radius 3 is 2.90 bits per heavy atom. The molecule has 1 fully saturated rings. The SMILES string of the molecule is O=C(O)C1CCCN(S(=O)(=O)CCc2ccccn2)C1. The summed E-state index contributed by atoms with van der Waals surface area (Å²) in [5, 5.41) is 9.00. The van der Waals surface area contributed by atoms with Crippen molar-refractivity contribution in [3.05, 3.63) is 30.1 Å². The van der Waals surface area contributed by atoms with Crippen LogP contribution in [0.1, 0.15) is 18.5 Å². The molecule has 1 aromatic heterocycles. The fraction of sp³-hybridized carbons (Fsp3) is 0.538. The number of pyridine rings is 1. The number of sulfonamides is 1. The number of aliphatic carboxylic acids is 1. The molecule has 110 valence electrons. The molecule has 2 heterocycles. The van der Waals surface area contributed by atoms with Gasteiger partial charge in [-0.3, -0.25) is 9.78 Å². The average Bonchev–Trinajstić information content (AvgIpc) is 2.46. The number of nitrogens with zero attached hydrogens (tertiary/aromatic N) is 2. The van der Waals surface area contributed by atoms with E-state index in [0.717, 1.165) is 5.69 Å². The van der Waals surface area contributed by atoms with Gasteiger partial charge in [-0.1, -0.05) is 6.07 Å². The Kier molecular flexibility index (Phi) is 4.72. The van der Waals surface area contributed by atoms with Crippen molar-refractivity contribution in [2.45, 2.75) is 19.3 Å². The monoisotopic (exact) mass is 298 g/mol. The van der Waals surface area contributed by atoms with E-state index in [9.17, 15) is 13.2 Å². The molecule has 0 amide bonds. The van der Waals surface area contributed by atoms with Gasteiger partial charge in [0.2, 0.25) is 10.0 Å². The Balaban J connectivity index is 1.97. The molecule has 0 aliphatic carbocycles. The number of carbonyl (C=O) groups is 1. The van der Waals surface area contributed by atoms with Crippen LogP contribution in [0.2, 0.25) is 0 Å². The quantitative estimate of drug-likeness (QED) is 0.866. The highest BCUT2D eigenvalue weighted by Crippen LogP contribution is 2.20. The standard InChI is InChI=1S/C13H18N2O4S/c16-13(17)11-4-3-8-15(10-11)20(18,19)9-6-12-5-1-2-7-14-12/h1-2,5,7,11H,3-4,6,8-10H2,(H,16,17). The minimum absolute atomic E-state index is 0.0314. The van der Waals surface area contributed by atoms with E-state index in [4.69, 9.17) is 5.11 Å². The van der Waals surface area contributed by atoms with Crippen molar-refractivity contribution in [3.8, 4) is 0 Å². The maximum absolute atomic E-state index is 12.2. The summed E-state index contributed by atoms with van der Waals surface area (Å²) in [6.45, 7) is 0.494. The molecular formula is C13H18N2O4S. The molecule has 6 nitrogen and oxygen atoms in total. The van der Waals surface area contributed by atoms with Crippen LogP contribution in [0.25, 0.3) is 0 Å². The molecule has 1 atom stereocenters. The molecule has 1 aromatic rings. The fourth-order valence-corrected chi connectivity index (χ4v) is 3.84. The van der Waals surface area contributed by atoms with Crippen LogP contribution in [0.5, 0.6) is 0 Å². The van der Waals surface area contributed by atoms with Gasteiger partial charge in [-0.05, 0) is 25.0 Å². The highest BCUT2D eigenvalue weighted by atomic mass is 32.2. The number of piperidine rings is 1. The van der Waals surface area contributed by atoms with E-state index in [2.05, 4.69) is 4.98 Å². The zero-order valence-corrected chi connectivity index (χ0v) is 11.9. The van der Waals surface area contributed by atoms with E-state index >= 15 is 0 Å². The summed E-state index contributed by atoms with van der Waals surface area (Å²) in [5.41, 5.74) is 0.725. The number of rotatable bonds is 5. The van der Waals surface area contributed by atoms with Crippen LogP contribution in [-0.4, -0.2) is 47.6 Å². The third-order valence-electron chi connectivity index (χ3n) is 3.47. The molecule has 0 saturated carbocycles. The van der Waals surface area contributed by atoms with E-state index in [-0.39, 0.29) is 12.3 Å². The zero-order valence-electron chi connectivity index (χ0n) is 11.1. The van der Waals surface area contributed by atoms with Crippen LogP contribution in [-0.2, 0) is 21.2 Å². The van der Waals surface area contributed by atoms with Gasteiger partial charge < -0.3 is 5.11 Å². The predicted molar refractivity (Wildman–Crippen MR) is 73.7 cm³/mol. The van der Waals surface area contributed by atoms with Crippen molar-refractivity contribution in [1.82, 2.24) is 9.29 Å². The van der Waals surface area contributed by atoms with Gasteiger partial charge in [-0.2, -0.15) is 0 Å². The molecule has 1 unspecified atom stereocenters. The number of aryl methyl sites for hydroxylation is 1. The lowest BCUT2D eigenvalue weighted by Gasteiger charge is -2.29. The summed E-state index contributed by atoms with van der Waals surface area (Å²) >= 11 is 0. The number of hydrogen-bond donors (Lipinski definition) is 1. The minimum Gasteiger partial charge on any atom is -0.481 e. The number of carboxylic acid groups (broad SMARTS) is 1. The van der Waals surface area contributed by atoms with Crippen molar-refractivity contribution in [2.75, 3.05) is 18.8 Å².